The van der Waals surface area contributed by atoms with E-state index in [1.165, 1.54) is 0 Å². The number of nitrogens with one attached hydrogen (secondary N) is 1. The van der Waals surface area contributed by atoms with Crippen molar-refractivity contribution in [3.8, 4) is 0 Å². The lowest BCUT2D eigenvalue weighted by Crippen LogP contribution is -2.24. The van der Waals surface area contributed by atoms with Crippen LogP contribution >= 0.6 is 0 Å². The Balaban J connectivity index is 2.25. The Bertz CT molecular complexity index is 413. The molecule has 0 fully saturated rings. The van der Waals surface area contributed by atoms with E-state index in [0.717, 1.165) is 0 Å². The Morgan fingerprint density at radius 2 is 2.16 bits per heavy atom. The Labute approximate surface area is 112 Å². The molecule has 0 spiro atoms. The van der Waals surface area contributed by atoms with Gasteiger partial charge < -0.3 is 19.2 Å². The van der Waals surface area contributed by atoms with Crippen molar-refractivity contribution in [2.24, 2.45) is 0 Å². The highest BCUT2D eigenvalue weighted by atomic mass is 16.5. The highest BCUT2D eigenvalue weighted by Gasteiger charge is 2.10. The summed E-state index contributed by atoms with van der Waals surface area (Å²) in [4.78, 5) is 22.7. The first kappa shape index (κ1) is 15.2. The monoisotopic (exact) mass is 269 g/mol. The molecular weight excluding hydrogens is 250 g/mol. The number of carbonyl (C=O) groups excluding carboxylic acids is 2. The molecule has 1 amide bonds. The van der Waals surface area contributed by atoms with Gasteiger partial charge in [-0.15, -0.1) is 0 Å². The van der Waals surface area contributed by atoms with Gasteiger partial charge in [-0.1, -0.05) is 0 Å². The first-order valence-corrected chi connectivity index (χ1v) is 6.18. The second-order valence-corrected chi connectivity index (χ2v) is 3.86. The van der Waals surface area contributed by atoms with Gasteiger partial charge in [-0.3, -0.25) is 9.59 Å². The molecule has 1 rings (SSSR count). The molecule has 0 aliphatic rings. The number of esters is 1. The number of furan rings is 1. The molecule has 1 aromatic heterocycles. The minimum Gasteiger partial charge on any atom is -0.466 e. The number of hydrogen-bond donors (Lipinski definition) is 1. The fraction of sp³-hybridized carbons (Fsp3) is 0.538. The lowest BCUT2D eigenvalue weighted by atomic mass is 10.3. The van der Waals surface area contributed by atoms with E-state index in [2.05, 4.69) is 5.32 Å². The Morgan fingerprint density at radius 3 is 2.84 bits per heavy atom. The van der Waals surface area contributed by atoms with E-state index in [-0.39, 0.29) is 17.6 Å². The smallest absolute Gasteiger partial charge is 0.305 e. The molecule has 19 heavy (non-hydrogen) atoms. The molecule has 106 valence electrons. The first-order valence-electron chi connectivity index (χ1n) is 6.18. The number of hydrogen-bond acceptors (Lipinski definition) is 5. The Hall–Kier alpha value is -1.82. The molecule has 0 unspecified atom stereocenters. The van der Waals surface area contributed by atoms with Crippen LogP contribution in [0.1, 0.15) is 36.1 Å². The quantitative estimate of drug-likeness (QED) is 0.571. The maximum absolute atomic E-state index is 11.7. The average molecular weight is 269 g/mol. The zero-order valence-corrected chi connectivity index (χ0v) is 11.2. The van der Waals surface area contributed by atoms with Crippen LogP contribution in [-0.4, -0.2) is 32.1 Å². The summed E-state index contributed by atoms with van der Waals surface area (Å²) in [7, 11) is 1.55. The average Bonchev–Trinajstić information content (AvgIpc) is 2.84. The van der Waals surface area contributed by atoms with Crippen molar-refractivity contribution in [3.63, 3.8) is 0 Å². The minimum absolute atomic E-state index is 0.239. The topological polar surface area (TPSA) is 77.8 Å². The molecule has 6 nitrogen and oxygen atoms in total. The molecular formula is C13H19NO5. The summed E-state index contributed by atoms with van der Waals surface area (Å²) in [5.74, 6) is 0.283. The van der Waals surface area contributed by atoms with E-state index in [0.29, 0.717) is 38.4 Å². The van der Waals surface area contributed by atoms with Crippen LogP contribution in [0.4, 0.5) is 0 Å². The lowest BCUT2D eigenvalue weighted by molar-refractivity contribution is -0.143. The predicted octanol–water partition coefficient (Wildman–Crippen LogP) is 1.50. The van der Waals surface area contributed by atoms with Gasteiger partial charge in [-0.2, -0.15) is 0 Å². The van der Waals surface area contributed by atoms with Gasteiger partial charge in [0.05, 0.1) is 6.61 Å². The van der Waals surface area contributed by atoms with Crippen molar-refractivity contribution in [2.45, 2.75) is 26.4 Å². The van der Waals surface area contributed by atoms with Gasteiger partial charge in [-0.05, 0) is 25.5 Å². The van der Waals surface area contributed by atoms with Crippen molar-refractivity contribution in [1.29, 1.82) is 0 Å². The van der Waals surface area contributed by atoms with Gasteiger partial charge in [0.2, 0.25) is 0 Å². The van der Waals surface area contributed by atoms with Crippen LogP contribution in [0.15, 0.2) is 16.5 Å². The third kappa shape index (κ3) is 5.56. The summed E-state index contributed by atoms with van der Waals surface area (Å²) in [6.07, 6.45) is 0.831. The fourth-order valence-corrected chi connectivity index (χ4v) is 1.47. The molecule has 1 heterocycles. The number of ether oxygens (including phenoxy) is 2. The second kappa shape index (κ2) is 8.31. The van der Waals surface area contributed by atoms with E-state index >= 15 is 0 Å². The van der Waals surface area contributed by atoms with Crippen LogP contribution in [0, 0.1) is 0 Å². The second-order valence-electron chi connectivity index (χ2n) is 3.86. The lowest BCUT2D eigenvalue weighted by Gasteiger charge is -2.03. The van der Waals surface area contributed by atoms with Gasteiger partial charge in [0.1, 0.15) is 12.4 Å². The molecule has 0 saturated heterocycles. The minimum atomic E-state index is -0.300. The maximum atomic E-state index is 11.7. The zero-order chi connectivity index (χ0) is 14.1. The molecule has 0 radical (unpaired) electrons. The standard InChI is InChI=1S/C13H19NO5/c1-3-18-12(15)5-4-8-14-13(16)11-7-6-10(19-11)9-17-2/h6-7H,3-5,8-9H2,1-2H3,(H,14,16). The van der Waals surface area contributed by atoms with E-state index in [4.69, 9.17) is 13.9 Å². The molecule has 0 saturated carbocycles. The molecule has 0 aromatic carbocycles. The normalized spacial score (nSPS) is 10.2. The van der Waals surface area contributed by atoms with Crippen LogP contribution in [0.3, 0.4) is 0 Å². The van der Waals surface area contributed by atoms with E-state index in [9.17, 15) is 9.59 Å². The predicted molar refractivity (Wildman–Crippen MR) is 67.6 cm³/mol. The van der Waals surface area contributed by atoms with Crippen molar-refractivity contribution in [3.05, 3.63) is 23.7 Å². The van der Waals surface area contributed by atoms with Gasteiger partial charge in [-0.25, -0.2) is 0 Å². The SMILES string of the molecule is CCOC(=O)CCCNC(=O)c1ccc(COC)o1. The van der Waals surface area contributed by atoms with Crippen LogP contribution in [0.5, 0.6) is 0 Å². The molecule has 0 bridgehead atoms. The third-order valence-electron chi connectivity index (χ3n) is 2.32. The summed E-state index contributed by atoms with van der Waals surface area (Å²) >= 11 is 0. The van der Waals surface area contributed by atoms with Crippen LogP contribution in [0.25, 0.3) is 0 Å². The largest absolute Gasteiger partial charge is 0.466 e. The Morgan fingerprint density at radius 1 is 1.37 bits per heavy atom. The molecule has 0 aliphatic heterocycles. The molecule has 1 N–H and O–H groups in total. The molecule has 6 heteroatoms. The zero-order valence-electron chi connectivity index (χ0n) is 11.2. The fourth-order valence-electron chi connectivity index (χ4n) is 1.47. The third-order valence-corrected chi connectivity index (χ3v) is 2.32. The summed E-state index contributed by atoms with van der Waals surface area (Å²) < 4.78 is 14.9. The van der Waals surface area contributed by atoms with E-state index in [1.807, 2.05) is 0 Å². The summed E-state index contributed by atoms with van der Waals surface area (Å²) in [6, 6.07) is 3.28. The molecule has 1 aromatic rings. The van der Waals surface area contributed by atoms with E-state index < -0.39 is 0 Å². The van der Waals surface area contributed by atoms with Crippen molar-refractivity contribution >= 4 is 11.9 Å². The number of amides is 1. The van der Waals surface area contributed by atoms with Crippen molar-refractivity contribution in [2.75, 3.05) is 20.3 Å². The molecule has 0 aliphatic carbocycles. The van der Waals surface area contributed by atoms with Crippen LogP contribution in [0.2, 0.25) is 0 Å². The highest BCUT2D eigenvalue weighted by Crippen LogP contribution is 2.08. The summed E-state index contributed by atoms with van der Waals surface area (Å²) in [5, 5.41) is 2.67. The van der Waals surface area contributed by atoms with Gasteiger partial charge >= 0.3 is 5.97 Å². The van der Waals surface area contributed by atoms with Gasteiger partial charge in [0.25, 0.3) is 5.91 Å². The Kier molecular flexibility index (Phi) is 6.67. The van der Waals surface area contributed by atoms with Crippen molar-refractivity contribution in [1.82, 2.24) is 5.32 Å². The summed E-state index contributed by atoms with van der Waals surface area (Å²) in [5.41, 5.74) is 0. The number of methoxy groups -OCH3 is 1. The number of carbonyl (C=O) groups is 2. The number of rotatable bonds is 8. The summed E-state index contributed by atoms with van der Waals surface area (Å²) in [6.45, 7) is 2.86. The van der Waals surface area contributed by atoms with E-state index in [1.54, 1.807) is 26.2 Å². The van der Waals surface area contributed by atoms with Gasteiger partial charge in [0, 0.05) is 20.1 Å². The maximum Gasteiger partial charge on any atom is 0.305 e. The highest BCUT2D eigenvalue weighted by molar-refractivity contribution is 5.91. The van der Waals surface area contributed by atoms with Crippen LogP contribution < -0.4 is 5.32 Å². The first-order chi connectivity index (χ1) is 9.17. The van der Waals surface area contributed by atoms with Gasteiger partial charge in [0.15, 0.2) is 5.76 Å². The van der Waals surface area contributed by atoms with Crippen molar-refractivity contribution < 1.29 is 23.5 Å². The van der Waals surface area contributed by atoms with Crippen LogP contribution in [-0.2, 0) is 20.9 Å². The molecule has 0 atom stereocenters.